The summed E-state index contributed by atoms with van der Waals surface area (Å²) in [6, 6.07) is 0. The van der Waals surface area contributed by atoms with E-state index in [2.05, 4.69) is 13.8 Å². The molecule has 1 aliphatic carbocycles. The lowest BCUT2D eigenvalue weighted by Crippen LogP contribution is -2.26. The molecule has 0 aromatic heterocycles. The van der Waals surface area contributed by atoms with Crippen molar-refractivity contribution in [3.8, 4) is 0 Å². The Morgan fingerprint density at radius 3 is 2.69 bits per heavy atom. The monoisotopic (exact) mass is 220 g/mol. The van der Waals surface area contributed by atoms with Crippen LogP contribution in [0.25, 0.3) is 0 Å². The van der Waals surface area contributed by atoms with Crippen LogP contribution in [0.15, 0.2) is 35.6 Å². The van der Waals surface area contributed by atoms with Crippen LogP contribution in [0, 0.1) is 5.41 Å². The number of ketones is 1. The Balaban J connectivity index is 3.02. The lowest BCUT2D eigenvalue weighted by atomic mass is 9.74. The highest BCUT2D eigenvalue weighted by Gasteiger charge is 2.33. The van der Waals surface area contributed by atoms with Gasteiger partial charge >= 0.3 is 0 Å². The third-order valence-corrected chi connectivity index (χ3v) is 2.69. The quantitative estimate of drug-likeness (QED) is 0.681. The first kappa shape index (κ1) is 12.8. The average Bonchev–Trinajstić information content (AvgIpc) is 2.16. The van der Waals surface area contributed by atoms with Gasteiger partial charge in [0.15, 0.2) is 5.78 Å². The Morgan fingerprint density at radius 1 is 1.50 bits per heavy atom. The SMILES string of the molecule is C/C=C/C=C1\C(=O)C=C(OCC)CC1(C)C. The maximum atomic E-state index is 11.9. The summed E-state index contributed by atoms with van der Waals surface area (Å²) in [6.07, 6.45) is 8.15. The third kappa shape index (κ3) is 2.84. The molecule has 16 heavy (non-hydrogen) atoms. The van der Waals surface area contributed by atoms with Crippen molar-refractivity contribution < 1.29 is 9.53 Å². The molecular formula is C14H20O2. The molecule has 0 atom stereocenters. The van der Waals surface area contributed by atoms with Gasteiger partial charge < -0.3 is 4.74 Å². The molecule has 1 rings (SSSR count). The van der Waals surface area contributed by atoms with E-state index in [1.807, 2.05) is 32.1 Å². The number of hydrogen-bond acceptors (Lipinski definition) is 2. The molecule has 1 aliphatic rings. The van der Waals surface area contributed by atoms with Crippen molar-refractivity contribution in [2.75, 3.05) is 6.61 Å². The highest BCUT2D eigenvalue weighted by Crippen LogP contribution is 2.38. The van der Waals surface area contributed by atoms with Crippen molar-refractivity contribution in [1.29, 1.82) is 0 Å². The third-order valence-electron chi connectivity index (χ3n) is 2.69. The molecule has 0 saturated carbocycles. The zero-order valence-corrected chi connectivity index (χ0v) is 10.5. The zero-order valence-electron chi connectivity index (χ0n) is 10.5. The van der Waals surface area contributed by atoms with E-state index < -0.39 is 0 Å². The Bertz CT molecular complexity index is 357. The molecule has 0 N–H and O–H groups in total. The molecular weight excluding hydrogens is 200 g/mol. The van der Waals surface area contributed by atoms with Crippen LogP contribution in [0.5, 0.6) is 0 Å². The van der Waals surface area contributed by atoms with Crippen LogP contribution < -0.4 is 0 Å². The van der Waals surface area contributed by atoms with Gasteiger partial charge in [0.1, 0.15) is 5.76 Å². The first-order valence-corrected chi connectivity index (χ1v) is 5.72. The lowest BCUT2D eigenvalue weighted by molar-refractivity contribution is -0.113. The summed E-state index contributed by atoms with van der Waals surface area (Å²) in [5.41, 5.74) is 0.713. The van der Waals surface area contributed by atoms with E-state index in [1.54, 1.807) is 6.08 Å². The van der Waals surface area contributed by atoms with Gasteiger partial charge in [-0.3, -0.25) is 4.79 Å². The summed E-state index contributed by atoms with van der Waals surface area (Å²) in [6.45, 7) is 8.64. The van der Waals surface area contributed by atoms with Gasteiger partial charge in [-0.2, -0.15) is 0 Å². The minimum Gasteiger partial charge on any atom is -0.498 e. The molecule has 0 fully saturated rings. The molecule has 0 aliphatic heterocycles. The van der Waals surface area contributed by atoms with Crippen molar-refractivity contribution >= 4 is 5.78 Å². The van der Waals surface area contributed by atoms with Gasteiger partial charge in [0.05, 0.1) is 6.61 Å². The van der Waals surface area contributed by atoms with Gasteiger partial charge in [-0.25, -0.2) is 0 Å². The highest BCUT2D eigenvalue weighted by molar-refractivity contribution is 6.06. The van der Waals surface area contributed by atoms with Crippen LogP contribution in [0.1, 0.15) is 34.1 Å². The standard InChI is InChI=1S/C14H20O2/c1-5-7-8-12-13(15)9-11(16-6-2)10-14(12,3)4/h5,7-9H,6,10H2,1-4H3/b7-5+,12-8+. The molecule has 0 saturated heterocycles. The molecule has 0 aromatic rings. The number of carbonyl (C=O) groups is 1. The maximum absolute atomic E-state index is 11.9. The topological polar surface area (TPSA) is 26.3 Å². The van der Waals surface area contributed by atoms with E-state index in [4.69, 9.17) is 4.74 Å². The zero-order chi connectivity index (χ0) is 12.2. The second-order valence-electron chi connectivity index (χ2n) is 4.57. The summed E-state index contributed by atoms with van der Waals surface area (Å²) < 4.78 is 5.44. The van der Waals surface area contributed by atoms with Crippen molar-refractivity contribution in [2.45, 2.75) is 34.1 Å². The van der Waals surface area contributed by atoms with Gasteiger partial charge in [-0.05, 0) is 13.8 Å². The molecule has 0 bridgehead atoms. The van der Waals surface area contributed by atoms with Gasteiger partial charge in [0, 0.05) is 23.5 Å². The van der Waals surface area contributed by atoms with E-state index in [-0.39, 0.29) is 11.2 Å². The fourth-order valence-electron chi connectivity index (χ4n) is 1.92. The Kier molecular flexibility index (Phi) is 4.11. The van der Waals surface area contributed by atoms with E-state index in [9.17, 15) is 4.79 Å². The Hall–Kier alpha value is -1.31. The van der Waals surface area contributed by atoms with E-state index in [1.165, 1.54) is 0 Å². The predicted octanol–water partition coefficient (Wildman–Crippen LogP) is 3.41. The molecule has 0 aromatic carbocycles. The molecule has 0 unspecified atom stereocenters. The van der Waals surface area contributed by atoms with Crippen LogP contribution >= 0.6 is 0 Å². The fourth-order valence-corrected chi connectivity index (χ4v) is 1.92. The Morgan fingerprint density at radius 2 is 2.19 bits per heavy atom. The summed E-state index contributed by atoms with van der Waals surface area (Å²) in [5, 5.41) is 0. The summed E-state index contributed by atoms with van der Waals surface area (Å²) in [5.74, 6) is 0.868. The molecule has 0 heterocycles. The number of rotatable bonds is 3. The maximum Gasteiger partial charge on any atom is 0.185 e. The first-order valence-electron chi connectivity index (χ1n) is 5.72. The second-order valence-corrected chi connectivity index (χ2v) is 4.57. The van der Waals surface area contributed by atoms with Crippen LogP contribution in [0.4, 0.5) is 0 Å². The smallest absolute Gasteiger partial charge is 0.185 e. The van der Waals surface area contributed by atoms with Crippen LogP contribution in [0.2, 0.25) is 0 Å². The number of carbonyl (C=O) groups excluding carboxylic acids is 1. The van der Waals surface area contributed by atoms with Crippen LogP contribution in [0.3, 0.4) is 0 Å². The minimum atomic E-state index is -0.143. The van der Waals surface area contributed by atoms with Crippen molar-refractivity contribution in [3.05, 3.63) is 35.6 Å². The molecule has 0 amide bonds. The van der Waals surface area contributed by atoms with Gasteiger partial charge in [0.2, 0.25) is 0 Å². The predicted molar refractivity (Wildman–Crippen MR) is 66.0 cm³/mol. The molecule has 0 spiro atoms. The van der Waals surface area contributed by atoms with Crippen LogP contribution in [-0.4, -0.2) is 12.4 Å². The first-order chi connectivity index (χ1) is 7.51. The minimum absolute atomic E-state index is 0.0674. The fraction of sp³-hybridized carbons (Fsp3) is 0.500. The molecule has 0 radical (unpaired) electrons. The van der Waals surface area contributed by atoms with Gasteiger partial charge in [-0.1, -0.05) is 32.1 Å². The van der Waals surface area contributed by atoms with Crippen molar-refractivity contribution in [2.24, 2.45) is 5.41 Å². The van der Waals surface area contributed by atoms with Gasteiger partial charge in [-0.15, -0.1) is 0 Å². The van der Waals surface area contributed by atoms with Gasteiger partial charge in [0.25, 0.3) is 0 Å². The van der Waals surface area contributed by atoms with Crippen molar-refractivity contribution in [3.63, 3.8) is 0 Å². The highest BCUT2D eigenvalue weighted by atomic mass is 16.5. The summed E-state index contributed by atoms with van der Waals surface area (Å²) in [7, 11) is 0. The van der Waals surface area contributed by atoms with Crippen molar-refractivity contribution in [1.82, 2.24) is 0 Å². The normalized spacial score (nSPS) is 22.6. The van der Waals surface area contributed by atoms with E-state index in [0.29, 0.717) is 6.61 Å². The molecule has 2 heteroatoms. The Labute approximate surface area is 97.7 Å². The largest absolute Gasteiger partial charge is 0.498 e. The average molecular weight is 220 g/mol. The lowest BCUT2D eigenvalue weighted by Gasteiger charge is -2.31. The number of ether oxygens (including phenoxy) is 1. The number of hydrogen-bond donors (Lipinski definition) is 0. The molecule has 88 valence electrons. The number of allylic oxidation sites excluding steroid dienone is 6. The summed E-state index contributed by atoms with van der Waals surface area (Å²) in [4.78, 5) is 11.9. The summed E-state index contributed by atoms with van der Waals surface area (Å²) >= 11 is 0. The van der Waals surface area contributed by atoms with Crippen LogP contribution in [-0.2, 0) is 9.53 Å². The second kappa shape index (κ2) is 5.15. The van der Waals surface area contributed by atoms with E-state index in [0.717, 1.165) is 17.8 Å². The molecule has 2 nitrogen and oxygen atoms in total. The van der Waals surface area contributed by atoms with E-state index >= 15 is 0 Å².